The lowest BCUT2D eigenvalue weighted by molar-refractivity contribution is 0.0976. The van der Waals surface area contributed by atoms with Gasteiger partial charge in [0.25, 0.3) is 0 Å². The summed E-state index contributed by atoms with van der Waals surface area (Å²) >= 11 is 18.2. The summed E-state index contributed by atoms with van der Waals surface area (Å²) in [6, 6.07) is 20.1. The predicted molar refractivity (Wildman–Crippen MR) is 114 cm³/mol. The highest BCUT2D eigenvalue weighted by Gasteiger charge is 2.18. The third kappa shape index (κ3) is 5.26. The van der Waals surface area contributed by atoms with Crippen LogP contribution in [0.25, 0.3) is 0 Å². The van der Waals surface area contributed by atoms with Gasteiger partial charge in [0.05, 0.1) is 16.1 Å². The Morgan fingerprint density at radius 3 is 2.19 bits per heavy atom. The highest BCUT2D eigenvalue weighted by molar-refractivity contribution is 6.42. The Morgan fingerprint density at radius 1 is 0.889 bits per heavy atom. The topological polar surface area (TPSA) is 29.1 Å². The summed E-state index contributed by atoms with van der Waals surface area (Å²) in [6.45, 7) is 2.03. The second-order valence-corrected chi connectivity index (χ2v) is 7.62. The largest absolute Gasteiger partial charge is 0.378 e. The predicted octanol–water partition coefficient (Wildman–Crippen LogP) is 7.38. The van der Waals surface area contributed by atoms with Crippen molar-refractivity contribution in [3.8, 4) is 0 Å². The molecule has 0 spiro atoms. The quantitative estimate of drug-likeness (QED) is 0.423. The van der Waals surface area contributed by atoms with Crippen LogP contribution in [-0.4, -0.2) is 5.78 Å². The molecule has 3 aromatic rings. The molecule has 0 aliphatic heterocycles. The zero-order valence-corrected chi connectivity index (χ0v) is 16.9. The molecule has 0 amide bonds. The number of Topliss-reactive ketones (excluding diaryl/α,β-unsaturated/α-hetero) is 1. The van der Waals surface area contributed by atoms with E-state index in [0.717, 1.165) is 11.3 Å². The second-order valence-electron chi connectivity index (χ2n) is 6.37. The van der Waals surface area contributed by atoms with Gasteiger partial charge < -0.3 is 5.32 Å². The summed E-state index contributed by atoms with van der Waals surface area (Å²) < 4.78 is 0. The first kappa shape index (κ1) is 19.8. The molecular weight excluding hydrogens is 401 g/mol. The first-order valence-electron chi connectivity index (χ1n) is 8.49. The molecule has 1 atom stereocenters. The van der Waals surface area contributed by atoms with Gasteiger partial charge in [0.2, 0.25) is 0 Å². The van der Waals surface area contributed by atoms with Gasteiger partial charge in [0.15, 0.2) is 5.78 Å². The maximum Gasteiger partial charge on any atom is 0.165 e. The van der Waals surface area contributed by atoms with Gasteiger partial charge >= 0.3 is 0 Å². The molecule has 1 unspecified atom stereocenters. The van der Waals surface area contributed by atoms with Crippen molar-refractivity contribution in [2.45, 2.75) is 19.4 Å². The molecule has 3 rings (SSSR count). The third-order valence-electron chi connectivity index (χ3n) is 4.29. The van der Waals surface area contributed by atoms with E-state index in [0.29, 0.717) is 20.6 Å². The van der Waals surface area contributed by atoms with Crippen molar-refractivity contribution in [3.63, 3.8) is 0 Å². The molecule has 0 bridgehead atoms. The molecule has 0 aromatic heterocycles. The molecule has 5 heteroatoms. The highest BCUT2D eigenvalue weighted by atomic mass is 35.5. The smallest absolute Gasteiger partial charge is 0.165 e. The monoisotopic (exact) mass is 417 g/mol. The van der Waals surface area contributed by atoms with E-state index in [-0.39, 0.29) is 18.2 Å². The average Bonchev–Trinajstić information content (AvgIpc) is 2.65. The Morgan fingerprint density at radius 2 is 1.56 bits per heavy atom. The van der Waals surface area contributed by atoms with E-state index < -0.39 is 0 Å². The maximum absolute atomic E-state index is 12.8. The van der Waals surface area contributed by atoms with Gasteiger partial charge in [-0.2, -0.15) is 0 Å². The zero-order chi connectivity index (χ0) is 19.4. The Balaban J connectivity index is 1.88. The van der Waals surface area contributed by atoms with Crippen molar-refractivity contribution >= 4 is 46.3 Å². The number of hydrogen-bond acceptors (Lipinski definition) is 2. The summed E-state index contributed by atoms with van der Waals surface area (Å²) in [4.78, 5) is 12.8. The number of ketones is 1. The van der Waals surface area contributed by atoms with Gasteiger partial charge in [-0.1, -0.05) is 58.6 Å². The van der Waals surface area contributed by atoms with E-state index in [1.807, 2.05) is 37.3 Å². The van der Waals surface area contributed by atoms with Gasteiger partial charge in [-0.15, -0.1) is 0 Å². The Bertz CT molecular complexity index is 937. The van der Waals surface area contributed by atoms with Crippen LogP contribution in [0.5, 0.6) is 0 Å². The van der Waals surface area contributed by atoms with Crippen molar-refractivity contribution in [1.82, 2.24) is 0 Å². The molecule has 2 nitrogen and oxygen atoms in total. The number of halogens is 3. The molecule has 3 aromatic carbocycles. The average molecular weight is 419 g/mol. The first-order valence-corrected chi connectivity index (χ1v) is 9.62. The lowest BCUT2D eigenvalue weighted by atomic mass is 9.97. The van der Waals surface area contributed by atoms with E-state index in [1.54, 1.807) is 36.4 Å². The SMILES string of the molecule is Cc1ccc(NC(CC(=O)c2ccc(Cl)cc2)c2ccc(Cl)c(Cl)c2)cc1. The van der Waals surface area contributed by atoms with Crippen LogP contribution in [-0.2, 0) is 0 Å². The number of carbonyl (C=O) groups excluding carboxylic acids is 1. The highest BCUT2D eigenvalue weighted by Crippen LogP contribution is 2.30. The van der Waals surface area contributed by atoms with E-state index in [9.17, 15) is 4.79 Å². The minimum atomic E-state index is -0.245. The molecular formula is C22H18Cl3NO. The minimum absolute atomic E-state index is 0.0161. The summed E-state index contributed by atoms with van der Waals surface area (Å²) in [6.07, 6.45) is 0.271. The van der Waals surface area contributed by atoms with Crippen LogP contribution in [0.1, 0.15) is 33.9 Å². The fourth-order valence-electron chi connectivity index (χ4n) is 2.77. The minimum Gasteiger partial charge on any atom is -0.378 e. The maximum atomic E-state index is 12.8. The zero-order valence-electron chi connectivity index (χ0n) is 14.7. The Kier molecular flexibility index (Phi) is 6.43. The number of rotatable bonds is 6. The van der Waals surface area contributed by atoms with Crippen molar-refractivity contribution in [2.75, 3.05) is 5.32 Å². The van der Waals surface area contributed by atoms with Crippen LogP contribution in [0.3, 0.4) is 0 Å². The van der Waals surface area contributed by atoms with Gasteiger partial charge in [-0.05, 0) is 61.0 Å². The summed E-state index contributed by atoms with van der Waals surface area (Å²) in [5, 5.41) is 4.98. The fourth-order valence-corrected chi connectivity index (χ4v) is 3.20. The molecule has 0 saturated carbocycles. The van der Waals surface area contributed by atoms with E-state index >= 15 is 0 Å². The van der Waals surface area contributed by atoms with E-state index in [1.165, 1.54) is 5.56 Å². The Labute approximate surface area is 174 Å². The summed E-state index contributed by atoms with van der Waals surface area (Å²) in [5.74, 6) is 0.0161. The molecule has 1 N–H and O–H groups in total. The molecule has 0 aliphatic rings. The molecule has 138 valence electrons. The number of benzene rings is 3. The van der Waals surface area contributed by atoms with Crippen LogP contribution in [0, 0.1) is 6.92 Å². The van der Waals surface area contributed by atoms with Gasteiger partial charge in [0.1, 0.15) is 0 Å². The molecule has 0 radical (unpaired) electrons. The molecule has 0 saturated heterocycles. The normalized spacial score (nSPS) is 11.9. The van der Waals surface area contributed by atoms with Crippen LogP contribution < -0.4 is 5.32 Å². The van der Waals surface area contributed by atoms with Crippen LogP contribution >= 0.6 is 34.8 Å². The Hall–Kier alpha value is -2.00. The van der Waals surface area contributed by atoms with Gasteiger partial charge in [-0.25, -0.2) is 0 Å². The van der Waals surface area contributed by atoms with Crippen molar-refractivity contribution in [1.29, 1.82) is 0 Å². The summed E-state index contributed by atoms with van der Waals surface area (Å²) in [5.41, 5.74) is 3.62. The van der Waals surface area contributed by atoms with Crippen LogP contribution in [0.2, 0.25) is 15.1 Å². The second kappa shape index (κ2) is 8.79. The molecule has 0 aliphatic carbocycles. The molecule has 0 fully saturated rings. The van der Waals surface area contributed by atoms with Crippen molar-refractivity contribution < 1.29 is 4.79 Å². The van der Waals surface area contributed by atoms with Crippen molar-refractivity contribution in [2.24, 2.45) is 0 Å². The van der Waals surface area contributed by atoms with E-state index in [4.69, 9.17) is 34.8 Å². The molecule has 0 heterocycles. The van der Waals surface area contributed by atoms with Crippen molar-refractivity contribution in [3.05, 3.63) is 98.5 Å². The summed E-state index contributed by atoms with van der Waals surface area (Å²) in [7, 11) is 0. The number of anilines is 1. The van der Waals surface area contributed by atoms with E-state index in [2.05, 4.69) is 5.32 Å². The first-order chi connectivity index (χ1) is 12.9. The third-order valence-corrected chi connectivity index (χ3v) is 5.29. The lowest BCUT2D eigenvalue weighted by Crippen LogP contribution is -2.16. The van der Waals surface area contributed by atoms with Gasteiger partial charge in [-0.3, -0.25) is 4.79 Å². The lowest BCUT2D eigenvalue weighted by Gasteiger charge is -2.21. The van der Waals surface area contributed by atoms with Gasteiger partial charge in [0, 0.05) is 22.7 Å². The van der Waals surface area contributed by atoms with Crippen LogP contribution in [0.15, 0.2) is 66.7 Å². The van der Waals surface area contributed by atoms with Crippen LogP contribution in [0.4, 0.5) is 5.69 Å². The molecule has 27 heavy (non-hydrogen) atoms. The number of aryl methyl sites for hydroxylation is 1. The number of hydrogen-bond donors (Lipinski definition) is 1. The number of carbonyl (C=O) groups is 1. The fraction of sp³-hybridized carbons (Fsp3) is 0.136. The number of nitrogens with one attached hydrogen (secondary N) is 1. The standard InChI is InChI=1S/C22H18Cl3NO/c1-14-2-9-18(10-3-14)26-21(16-6-11-19(24)20(25)12-16)13-22(27)15-4-7-17(23)8-5-15/h2-12,21,26H,13H2,1H3.